The lowest BCUT2D eigenvalue weighted by molar-refractivity contribution is -0.131. The van der Waals surface area contributed by atoms with Crippen molar-refractivity contribution in [1.29, 1.82) is 0 Å². The number of allylic oxidation sites excluding steroid dienone is 1. The molecule has 0 rings (SSSR count). The minimum absolute atomic E-state index is 0.359. The minimum atomic E-state index is -1.09. The summed E-state index contributed by atoms with van der Waals surface area (Å²) < 4.78 is 0. The van der Waals surface area contributed by atoms with E-state index in [4.69, 9.17) is 0 Å². The Hall–Kier alpha value is -0.910. The second kappa shape index (κ2) is 37.9. The summed E-state index contributed by atoms with van der Waals surface area (Å²) in [6, 6.07) is -0.791. The second-order valence-electron chi connectivity index (χ2n) is 14.6. The highest BCUT2D eigenvalue weighted by Gasteiger charge is 2.22. The van der Waals surface area contributed by atoms with Crippen LogP contribution in [0.5, 0.6) is 0 Å². The highest BCUT2D eigenvalue weighted by atomic mass is 16.3. The Morgan fingerprint density at radius 3 is 1.17 bits per heavy atom. The molecule has 1 amide bonds. The topological polar surface area (TPSA) is 89.8 Å². The van der Waals surface area contributed by atoms with Crippen LogP contribution in [-0.4, -0.2) is 46.1 Å². The molecule has 280 valence electrons. The first-order chi connectivity index (χ1) is 23.1. The van der Waals surface area contributed by atoms with Crippen molar-refractivity contribution in [2.75, 3.05) is 6.61 Å². The molecule has 0 aliphatic carbocycles. The van der Waals surface area contributed by atoms with Crippen molar-refractivity contribution in [2.24, 2.45) is 0 Å². The molecule has 0 fully saturated rings. The van der Waals surface area contributed by atoms with E-state index < -0.39 is 24.2 Å². The Morgan fingerprint density at radius 2 is 0.830 bits per heavy atom. The van der Waals surface area contributed by atoms with Gasteiger partial charge in [-0.2, -0.15) is 0 Å². The normalized spacial score (nSPS) is 13.7. The first kappa shape index (κ1) is 46.1. The molecule has 0 spiro atoms. The molecule has 0 radical (unpaired) electrons. The van der Waals surface area contributed by atoms with Crippen molar-refractivity contribution in [3.8, 4) is 0 Å². The molecule has 5 heteroatoms. The molecule has 0 saturated carbocycles. The summed E-state index contributed by atoms with van der Waals surface area (Å²) in [5.41, 5.74) is 0. The third kappa shape index (κ3) is 33.4. The fourth-order valence-electron chi connectivity index (χ4n) is 6.54. The zero-order valence-corrected chi connectivity index (χ0v) is 31.7. The third-order valence-electron chi connectivity index (χ3n) is 9.88. The van der Waals surface area contributed by atoms with Crippen LogP contribution in [-0.2, 0) is 4.79 Å². The van der Waals surface area contributed by atoms with Gasteiger partial charge in [-0.15, -0.1) is 0 Å². The van der Waals surface area contributed by atoms with Gasteiger partial charge >= 0.3 is 0 Å². The van der Waals surface area contributed by atoms with E-state index in [1.54, 1.807) is 6.08 Å². The first-order valence-corrected chi connectivity index (χ1v) is 21.0. The largest absolute Gasteiger partial charge is 0.394 e. The lowest BCUT2D eigenvalue weighted by Gasteiger charge is -2.21. The van der Waals surface area contributed by atoms with E-state index in [-0.39, 0.29) is 6.61 Å². The van der Waals surface area contributed by atoms with Gasteiger partial charge in [-0.05, 0) is 19.3 Å². The van der Waals surface area contributed by atoms with E-state index >= 15 is 0 Å². The summed E-state index contributed by atoms with van der Waals surface area (Å²) in [5.74, 6) is -0.501. The lowest BCUT2D eigenvalue weighted by atomic mass is 10.0. The number of carbonyl (C=O) groups excluding carboxylic acids is 1. The quantitative estimate of drug-likeness (QED) is 0.0390. The van der Waals surface area contributed by atoms with Crippen molar-refractivity contribution in [3.05, 3.63) is 12.2 Å². The smallest absolute Gasteiger partial charge is 0.249 e. The standard InChI is InChI=1S/C42H83NO4/c1-3-5-7-9-11-13-15-17-19-20-21-22-23-25-26-28-30-32-34-36-40(45)39(38-44)43-42(47)41(46)37-35-33-31-29-27-24-18-16-14-12-10-8-6-4-2/h34,36,39-41,44-46H,3-33,35,37-38H2,1-2H3,(H,43,47)/b36-34+. The van der Waals surface area contributed by atoms with Gasteiger partial charge in [0, 0.05) is 0 Å². The molecule has 5 nitrogen and oxygen atoms in total. The molecule has 0 aromatic carbocycles. The van der Waals surface area contributed by atoms with Crippen molar-refractivity contribution >= 4 is 5.91 Å². The van der Waals surface area contributed by atoms with Crippen LogP contribution in [0.3, 0.4) is 0 Å². The zero-order chi connectivity index (χ0) is 34.5. The maximum atomic E-state index is 12.4. The predicted molar refractivity (Wildman–Crippen MR) is 204 cm³/mol. The number of carbonyl (C=O) groups is 1. The third-order valence-corrected chi connectivity index (χ3v) is 9.88. The highest BCUT2D eigenvalue weighted by molar-refractivity contribution is 5.80. The van der Waals surface area contributed by atoms with Gasteiger partial charge in [0.25, 0.3) is 0 Å². The van der Waals surface area contributed by atoms with Crippen LogP contribution in [0, 0.1) is 0 Å². The monoisotopic (exact) mass is 666 g/mol. The summed E-state index contributed by atoms with van der Waals surface area (Å²) in [7, 11) is 0. The van der Waals surface area contributed by atoms with Gasteiger partial charge in [0.2, 0.25) is 5.91 Å². The SMILES string of the molecule is CCCCCCCCCCCCCCCCCCC/C=C/C(O)C(CO)NC(=O)C(O)CCCCCCCCCCCCCCCC. The van der Waals surface area contributed by atoms with Crippen molar-refractivity contribution in [2.45, 2.75) is 244 Å². The number of nitrogens with one attached hydrogen (secondary N) is 1. The Balaban J connectivity index is 3.66. The van der Waals surface area contributed by atoms with Crippen molar-refractivity contribution < 1.29 is 20.1 Å². The molecule has 0 heterocycles. The lowest BCUT2D eigenvalue weighted by Crippen LogP contribution is -2.48. The van der Waals surface area contributed by atoms with Gasteiger partial charge in [-0.1, -0.05) is 219 Å². The molecule has 0 aromatic rings. The summed E-state index contributed by atoms with van der Waals surface area (Å²) in [5, 5.41) is 33.1. The molecule has 4 N–H and O–H groups in total. The van der Waals surface area contributed by atoms with Crippen LogP contribution in [0.4, 0.5) is 0 Å². The Labute approximate surface area is 293 Å². The second-order valence-corrected chi connectivity index (χ2v) is 14.6. The molecule has 0 aromatic heterocycles. The maximum absolute atomic E-state index is 12.4. The van der Waals surface area contributed by atoms with Crippen molar-refractivity contribution in [3.63, 3.8) is 0 Å². The fourth-order valence-corrected chi connectivity index (χ4v) is 6.54. The Morgan fingerprint density at radius 1 is 0.511 bits per heavy atom. The number of aliphatic hydroxyl groups is 3. The van der Waals surface area contributed by atoms with Gasteiger partial charge < -0.3 is 20.6 Å². The number of hydrogen-bond acceptors (Lipinski definition) is 4. The molecule has 47 heavy (non-hydrogen) atoms. The average Bonchev–Trinajstić information content (AvgIpc) is 3.07. The molecule has 0 bridgehead atoms. The van der Waals surface area contributed by atoms with E-state index in [0.717, 1.165) is 32.1 Å². The molecule has 3 atom stereocenters. The molecule has 3 unspecified atom stereocenters. The molecular weight excluding hydrogens is 582 g/mol. The van der Waals surface area contributed by atoms with Crippen molar-refractivity contribution in [1.82, 2.24) is 5.32 Å². The summed E-state index contributed by atoms with van der Waals surface area (Å²) >= 11 is 0. The molecular formula is C42H83NO4. The van der Waals surface area contributed by atoms with Gasteiger partial charge in [0.1, 0.15) is 6.10 Å². The van der Waals surface area contributed by atoms with E-state index in [9.17, 15) is 20.1 Å². The van der Waals surface area contributed by atoms with Crippen LogP contribution in [0.2, 0.25) is 0 Å². The van der Waals surface area contributed by atoms with Crippen LogP contribution in [0.25, 0.3) is 0 Å². The fraction of sp³-hybridized carbons (Fsp3) is 0.929. The highest BCUT2D eigenvalue weighted by Crippen LogP contribution is 2.16. The minimum Gasteiger partial charge on any atom is -0.394 e. The van der Waals surface area contributed by atoms with Crippen LogP contribution >= 0.6 is 0 Å². The number of amides is 1. The summed E-state index contributed by atoms with van der Waals surface area (Å²) in [4.78, 5) is 12.4. The summed E-state index contributed by atoms with van der Waals surface area (Å²) in [6.07, 6.45) is 43.8. The summed E-state index contributed by atoms with van der Waals surface area (Å²) in [6.45, 7) is 4.19. The number of rotatable bonds is 38. The van der Waals surface area contributed by atoms with Crippen LogP contribution in [0.1, 0.15) is 226 Å². The van der Waals surface area contributed by atoms with E-state index in [1.807, 2.05) is 6.08 Å². The van der Waals surface area contributed by atoms with Gasteiger partial charge in [0.05, 0.1) is 18.8 Å². The average molecular weight is 666 g/mol. The van der Waals surface area contributed by atoms with Gasteiger partial charge in [0.15, 0.2) is 0 Å². The number of hydrogen-bond donors (Lipinski definition) is 4. The Bertz CT molecular complexity index is 655. The van der Waals surface area contributed by atoms with E-state index in [2.05, 4.69) is 19.2 Å². The molecule has 0 saturated heterocycles. The van der Waals surface area contributed by atoms with Gasteiger partial charge in [-0.3, -0.25) is 4.79 Å². The number of unbranched alkanes of at least 4 members (excludes halogenated alkanes) is 30. The van der Waals surface area contributed by atoms with Gasteiger partial charge in [-0.25, -0.2) is 0 Å². The molecule has 0 aliphatic heterocycles. The zero-order valence-electron chi connectivity index (χ0n) is 31.7. The van der Waals surface area contributed by atoms with E-state index in [0.29, 0.717) is 6.42 Å². The Kier molecular flexibility index (Phi) is 37.2. The van der Waals surface area contributed by atoms with Crippen LogP contribution < -0.4 is 5.32 Å². The number of aliphatic hydroxyl groups excluding tert-OH is 3. The first-order valence-electron chi connectivity index (χ1n) is 21.0. The molecule has 0 aliphatic rings. The predicted octanol–water partition coefficient (Wildman–Crippen LogP) is 11.7. The van der Waals surface area contributed by atoms with Crippen LogP contribution in [0.15, 0.2) is 12.2 Å². The van der Waals surface area contributed by atoms with E-state index in [1.165, 1.54) is 173 Å². The maximum Gasteiger partial charge on any atom is 0.249 e.